The number of nitrogens with zero attached hydrogens (tertiary/aromatic N) is 3. The maximum atomic E-state index is 4.82. The summed E-state index contributed by atoms with van der Waals surface area (Å²) in [5, 5.41) is 4.46. The molecule has 0 saturated carbocycles. The van der Waals surface area contributed by atoms with E-state index in [4.69, 9.17) is 9.97 Å². The van der Waals surface area contributed by atoms with Gasteiger partial charge in [0.2, 0.25) is 0 Å². The Labute approximate surface area is 209 Å². The van der Waals surface area contributed by atoms with E-state index < -0.39 is 5.54 Å². The van der Waals surface area contributed by atoms with E-state index in [2.05, 4.69) is 119 Å². The molecule has 6 rings (SSSR count). The molecule has 5 aromatic rings. The van der Waals surface area contributed by atoms with Crippen molar-refractivity contribution in [1.82, 2.24) is 14.5 Å². The van der Waals surface area contributed by atoms with Crippen molar-refractivity contribution in [1.29, 1.82) is 0 Å². The Morgan fingerprint density at radius 2 is 1.43 bits per heavy atom. The monoisotopic (exact) mass is 474 g/mol. The standard InChI is InChI=1S/C30H26N4S/c1-4-12-23(13-5-1)30(24-14-6-2-7-15-24,25-16-8-3-9-17-25)34-21-26(32-22-34)20-31-29-33-27-18-10-11-19-28(27)35-29/h1-9,11-17,19,21-22H,10,18,20H2,(H,31,33). The van der Waals surface area contributed by atoms with Crippen molar-refractivity contribution in [2.45, 2.75) is 24.9 Å². The van der Waals surface area contributed by atoms with Crippen molar-refractivity contribution in [2.24, 2.45) is 0 Å². The molecule has 0 amide bonds. The van der Waals surface area contributed by atoms with Crippen LogP contribution in [0.25, 0.3) is 6.08 Å². The molecular formula is C30H26N4S. The maximum Gasteiger partial charge on any atom is 0.183 e. The zero-order valence-corrected chi connectivity index (χ0v) is 20.2. The van der Waals surface area contributed by atoms with E-state index in [1.54, 1.807) is 11.3 Å². The minimum atomic E-state index is -0.542. The predicted molar refractivity (Wildman–Crippen MR) is 144 cm³/mol. The van der Waals surface area contributed by atoms with E-state index in [1.165, 1.54) is 27.3 Å². The minimum absolute atomic E-state index is 0.542. The summed E-state index contributed by atoms with van der Waals surface area (Å²) < 4.78 is 2.25. The quantitative estimate of drug-likeness (QED) is 0.265. The third-order valence-corrected chi connectivity index (χ3v) is 7.58. The van der Waals surface area contributed by atoms with Gasteiger partial charge in [-0.15, -0.1) is 0 Å². The van der Waals surface area contributed by atoms with Crippen molar-refractivity contribution < 1.29 is 0 Å². The van der Waals surface area contributed by atoms with Crippen molar-refractivity contribution in [3.8, 4) is 0 Å². The zero-order chi connectivity index (χ0) is 23.5. The van der Waals surface area contributed by atoms with Gasteiger partial charge in [0.15, 0.2) is 5.13 Å². The van der Waals surface area contributed by atoms with Gasteiger partial charge in [-0.3, -0.25) is 0 Å². The summed E-state index contributed by atoms with van der Waals surface area (Å²) in [7, 11) is 0. The van der Waals surface area contributed by atoms with E-state index in [1.807, 2.05) is 6.33 Å². The molecule has 0 saturated heterocycles. The number of nitrogens with one attached hydrogen (secondary N) is 1. The van der Waals surface area contributed by atoms with E-state index in [9.17, 15) is 0 Å². The van der Waals surface area contributed by atoms with E-state index in [0.29, 0.717) is 6.54 Å². The minimum Gasteiger partial charge on any atom is -0.356 e. The lowest BCUT2D eigenvalue weighted by molar-refractivity contribution is 0.514. The number of thiazole rings is 1. The first-order valence-electron chi connectivity index (χ1n) is 11.9. The molecule has 5 heteroatoms. The number of hydrogen-bond donors (Lipinski definition) is 1. The molecule has 172 valence electrons. The Hall–Kier alpha value is -3.96. The summed E-state index contributed by atoms with van der Waals surface area (Å²) in [6.07, 6.45) is 10.6. The first-order valence-corrected chi connectivity index (χ1v) is 12.8. The molecule has 0 spiro atoms. The van der Waals surface area contributed by atoms with Crippen LogP contribution in [-0.2, 0) is 18.5 Å². The van der Waals surface area contributed by atoms with Crippen LogP contribution in [0.15, 0.2) is 110 Å². The summed E-state index contributed by atoms with van der Waals surface area (Å²) in [6, 6.07) is 32.0. The average Bonchev–Trinajstić information content (AvgIpc) is 3.57. The van der Waals surface area contributed by atoms with Crippen LogP contribution in [0.1, 0.15) is 39.4 Å². The van der Waals surface area contributed by atoms with E-state index >= 15 is 0 Å². The van der Waals surface area contributed by atoms with Crippen LogP contribution in [0, 0.1) is 0 Å². The molecule has 1 N–H and O–H groups in total. The molecule has 1 aliphatic rings. The lowest BCUT2D eigenvalue weighted by atomic mass is 9.77. The highest BCUT2D eigenvalue weighted by atomic mass is 32.1. The van der Waals surface area contributed by atoms with Gasteiger partial charge in [-0.05, 0) is 35.6 Å². The highest BCUT2D eigenvalue weighted by Gasteiger charge is 2.38. The number of aromatic nitrogens is 3. The number of hydrogen-bond acceptors (Lipinski definition) is 4. The summed E-state index contributed by atoms with van der Waals surface area (Å²) in [4.78, 5) is 10.9. The zero-order valence-electron chi connectivity index (χ0n) is 19.3. The van der Waals surface area contributed by atoms with Crippen molar-refractivity contribution in [3.05, 3.63) is 143 Å². The molecule has 2 aromatic heterocycles. The van der Waals surface area contributed by atoms with Gasteiger partial charge in [-0.1, -0.05) is 108 Å². The number of fused-ring (bicyclic) bond motifs is 1. The molecular weight excluding hydrogens is 448 g/mol. The first kappa shape index (κ1) is 21.6. The number of imidazole rings is 1. The van der Waals surface area contributed by atoms with Gasteiger partial charge in [0.1, 0.15) is 5.54 Å². The van der Waals surface area contributed by atoms with Gasteiger partial charge >= 0.3 is 0 Å². The molecule has 0 radical (unpaired) electrons. The van der Waals surface area contributed by atoms with Crippen LogP contribution in [0.3, 0.4) is 0 Å². The molecule has 4 nitrogen and oxygen atoms in total. The molecule has 0 bridgehead atoms. The van der Waals surface area contributed by atoms with Crippen LogP contribution in [0.5, 0.6) is 0 Å². The summed E-state index contributed by atoms with van der Waals surface area (Å²) in [5.41, 5.74) is 5.19. The summed E-state index contributed by atoms with van der Waals surface area (Å²) in [5.74, 6) is 0. The third-order valence-electron chi connectivity index (χ3n) is 6.56. The fourth-order valence-electron chi connectivity index (χ4n) is 4.95. The Kier molecular flexibility index (Phi) is 5.76. The van der Waals surface area contributed by atoms with Gasteiger partial charge in [-0.2, -0.15) is 0 Å². The van der Waals surface area contributed by atoms with Crippen molar-refractivity contribution >= 4 is 22.5 Å². The van der Waals surface area contributed by atoms with Gasteiger partial charge in [0, 0.05) is 6.20 Å². The second-order valence-corrected chi connectivity index (χ2v) is 9.74. The van der Waals surface area contributed by atoms with Crippen molar-refractivity contribution in [2.75, 3.05) is 5.32 Å². The second kappa shape index (κ2) is 9.35. The third kappa shape index (κ3) is 3.98. The Balaban J connectivity index is 1.41. The fourth-order valence-corrected chi connectivity index (χ4v) is 5.89. The molecule has 0 fully saturated rings. The van der Waals surface area contributed by atoms with Crippen LogP contribution >= 0.6 is 11.3 Å². The number of benzene rings is 3. The van der Waals surface area contributed by atoms with Gasteiger partial charge in [-0.25, -0.2) is 9.97 Å². The highest BCUT2D eigenvalue weighted by Crippen LogP contribution is 2.40. The predicted octanol–water partition coefficient (Wildman–Crippen LogP) is 6.75. The summed E-state index contributed by atoms with van der Waals surface area (Å²) >= 11 is 1.71. The van der Waals surface area contributed by atoms with E-state index in [-0.39, 0.29) is 0 Å². The largest absolute Gasteiger partial charge is 0.356 e. The molecule has 3 aromatic carbocycles. The second-order valence-electron chi connectivity index (χ2n) is 8.71. The van der Waals surface area contributed by atoms with Gasteiger partial charge < -0.3 is 9.88 Å². The highest BCUT2D eigenvalue weighted by molar-refractivity contribution is 7.16. The Morgan fingerprint density at radius 3 is 2.00 bits per heavy atom. The molecule has 35 heavy (non-hydrogen) atoms. The topological polar surface area (TPSA) is 42.7 Å². The van der Waals surface area contributed by atoms with Crippen LogP contribution in [0.4, 0.5) is 5.13 Å². The normalized spacial score (nSPS) is 12.9. The molecule has 0 unspecified atom stereocenters. The molecule has 1 aliphatic carbocycles. The van der Waals surface area contributed by atoms with Crippen LogP contribution < -0.4 is 5.32 Å². The van der Waals surface area contributed by atoms with Gasteiger partial charge in [0.05, 0.1) is 29.1 Å². The van der Waals surface area contributed by atoms with Crippen LogP contribution in [0.2, 0.25) is 0 Å². The SMILES string of the molecule is C1=Cc2sc(NCc3cn(C(c4ccccc4)(c4ccccc4)c4ccccc4)cn3)nc2CC1. The first-order chi connectivity index (χ1) is 17.3. The number of aryl methyl sites for hydroxylation is 1. The number of allylic oxidation sites excluding steroid dienone is 1. The lowest BCUT2D eigenvalue weighted by Crippen LogP contribution is -2.36. The summed E-state index contributed by atoms with van der Waals surface area (Å²) in [6.45, 7) is 0.623. The van der Waals surface area contributed by atoms with Gasteiger partial charge in [0.25, 0.3) is 0 Å². The lowest BCUT2D eigenvalue weighted by Gasteiger charge is -2.37. The number of rotatable bonds is 7. The average molecular weight is 475 g/mol. The fraction of sp³-hybridized carbons (Fsp3) is 0.133. The Bertz CT molecular complexity index is 1340. The Morgan fingerprint density at radius 1 is 0.829 bits per heavy atom. The molecule has 2 heterocycles. The molecule has 0 atom stereocenters. The maximum absolute atomic E-state index is 4.82. The smallest absolute Gasteiger partial charge is 0.183 e. The van der Waals surface area contributed by atoms with Crippen molar-refractivity contribution in [3.63, 3.8) is 0 Å². The van der Waals surface area contributed by atoms with Crippen LogP contribution in [-0.4, -0.2) is 14.5 Å². The number of anilines is 1. The molecule has 0 aliphatic heterocycles. The van der Waals surface area contributed by atoms with E-state index in [0.717, 1.165) is 23.7 Å².